The van der Waals surface area contributed by atoms with Gasteiger partial charge in [0.2, 0.25) is 0 Å². The molecule has 7 nitrogen and oxygen atoms in total. The summed E-state index contributed by atoms with van der Waals surface area (Å²) in [6, 6.07) is 0. The maximum atomic E-state index is 10.3. The summed E-state index contributed by atoms with van der Waals surface area (Å²) in [6.45, 7) is 3.80. The summed E-state index contributed by atoms with van der Waals surface area (Å²) >= 11 is 0. The highest BCUT2D eigenvalue weighted by atomic mass is 16.3. The van der Waals surface area contributed by atoms with Gasteiger partial charge in [0.1, 0.15) is 18.7 Å². The largest absolute Gasteiger partial charge is 0.388 e. The van der Waals surface area contributed by atoms with Crippen LogP contribution in [0.5, 0.6) is 0 Å². The fourth-order valence-corrected chi connectivity index (χ4v) is 2.41. The van der Waals surface area contributed by atoms with Gasteiger partial charge in [-0.25, -0.2) is 9.98 Å². The van der Waals surface area contributed by atoms with E-state index < -0.39 is 5.60 Å². The first-order valence-corrected chi connectivity index (χ1v) is 7.20. The summed E-state index contributed by atoms with van der Waals surface area (Å²) in [4.78, 5) is 8.61. The minimum absolute atomic E-state index is 0.463. The number of rotatable bonds is 5. The first kappa shape index (κ1) is 14.8. The van der Waals surface area contributed by atoms with Crippen LogP contribution in [-0.4, -0.2) is 44.5 Å². The molecule has 1 aliphatic carbocycles. The van der Waals surface area contributed by atoms with Gasteiger partial charge in [-0.3, -0.25) is 4.68 Å². The molecule has 1 heterocycles. The zero-order chi connectivity index (χ0) is 14.4. The van der Waals surface area contributed by atoms with E-state index in [-0.39, 0.29) is 0 Å². The number of hydrogen-bond acceptors (Lipinski definition) is 4. The monoisotopic (exact) mass is 280 g/mol. The lowest BCUT2D eigenvalue weighted by atomic mass is 10.0. The number of nitrogens with one attached hydrogen (secondary N) is 2. The first-order valence-electron chi connectivity index (χ1n) is 7.20. The number of guanidine groups is 1. The average Bonchev–Trinajstić information content (AvgIpc) is 3.03. The van der Waals surface area contributed by atoms with Crippen LogP contribution in [0.2, 0.25) is 0 Å². The number of aryl methyl sites for hydroxylation is 1. The lowest BCUT2D eigenvalue weighted by molar-refractivity contribution is 0.0522. The second-order valence-electron chi connectivity index (χ2n) is 5.28. The molecule has 7 heteroatoms. The van der Waals surface area contributed by atoms with E-state index in [0.717, 1.165) is 38.1 Å². The van der Waals surface area contributed by atoms with E-state index in [1.54, 1.807) is 4.68 Å². The Balaban J connectivity index is 1.90. The van der Waals surface area contributed by atoms with Crippen molar-refractivity contribution in [2.24, 2.45) is 12.0 Å². The third-order valence-corrected chi connectivity index (χ3v) is 3.65. The van der Waals surface area contributed by atoms with Gasteiger partial charge in [0.25, 0.3) is 0 Å². The van der Waals surface area contributed by atoms with Gasteiger partial charge in [0.05, 0.1) is 5.60 Å². The number of hydrogen-bond donors (Lipinski definition) is 3. The Morgan fingerprint density at radius 1 is 1.45 bits per heavy atom. The highest BCUT2D eigenvalue weighted by molar-refractivity contribution is 5.79. The van der Waals surface area contributed by atoms with E-state index in [1.807, 2.05) is 14.0 Å². The van der Waals surface area contributed by atoms with Crippen molar-refractivity contribution in [1.82, 2.24) is 25.4 Å². The fourth-order valence-electron chi connectivity index (χ4n) is 2.41. The van der Waals surface area contributed by atoms with Gasteiger partial charge in [-0.15, -0.1) is 0 Å². The van der Waals surface area contributed by atoms with Crippen molar-refractivity contribution in [3.05, 3.63) is 12.2 Å². The van der Waals surface area contributed by atoms with E-state index in [2.05, 4.69) is 25.7 Å². The molecule has 112 valence electrons. The standard InChI is InChI=1S/C13H24N6O/c1-3-14-12(15-8-11-17-10-18-19(11)2)16-9-13(20)6-4-5-7-13/h10,20H,3-9H2,1-2H3,(H2,14,15,16). The molecule has 0 aromatic carbocycles. The van der Waals surface area contributed by atoms with Crippen molar-refractivity contribution in [3.8, 4) is 0 Å². The van der Waals surface area contributed by atoms with Crippen LogP contribution in [0.3, 0.4) is 0 Å². The van der Waals surface area contributed by atoms with Gasteiger partial charge in [-0.1, -0.05) is 12.8 Å². The molecule has 1 fully saturated rings. The van der Waals surface area contributed by atoms with Crippen LogP contribution in [0.25, 0.3) is 0 Å². The van der Waals surface area contributed by atoms with Crippen molar-refractivity contribution in [3.63, 3.8) is 0 Å². The minimum atomic E-state index is -0.582. The van der Waals surface area contributed by atoms with Crippen LogP contribution in [0.1, 0.15) is 38.4 Å². The second kappa shape index (κ2) is 6.69. The molecule has 0 bridgehead atoms. The zero-order valence-electron chi connectivity index (χ0n) is 12.3. The summed E-state index contributed by atoms with van der Waals surface area (Å²) in [6.07, 6.45) is 5.45. The molecule has 0 aliphatic heterocycles. The molecule has 0 amide bonds. The van der Waals surface area contributed by atoms with Crippen LogP contribution in [0, 0.1) is 0 Å². The zero-order valence-corrected chi connectivity index (χ0v) is 12.3. The Morgan fingerprint density at radius 2 is 2.20 bits per heavy atom. The third-order valence-electron chi connectivity index (χ3n) is 3.65. The summed E-state index contributed by atoms with van der Waals surface area (Å²) in [5.74, 6) is 1.51. The van der Waals surface area contributed by atoms with Crippen molar-refractivity contribution >= 4 is 5.96 Å². The van der Waals surface area contributed by atoms with Crippen molar-refractivity contribution in [2.75, 3.05) is 13.1 Å². The number of nitrogens with zero attached hydrogens (tertiary/aromatic N) is 4. The Bertz CT molecular complexity index is 449. The lowest BCUT2D eigenvalue weighted by Gasteiger charge is -2.23. The molecule has 2 rings (SSSR count). The molecule has 1 aliphatic rings. The summed E-state index contributed by atoms with van der Waals surface area (Å²) in [5, 5.41) is 20.7. The average molecular weight is 280 g/mol. The minimum Gasteiger partial charge on any atom is -0.388 e. The van der Waals surface area contributed by atoms with Gasteiger partial charge in [-0.2, -0.15) is 5.10 Å². The number of aliphatic imine (C=N–C) groups is 1. The Hall–Kier alpha value is -1.63. The van der Waals surface area contributed by atoms with E-state index in [0.29, 0.717) is 19.0 Å². The van der Waals surface area contributed by atoms with Crippen LogP contribution in [0.15, 0.2) is 11.3 Å². The van der Waals surface area contributed by atoms with E-state index >= 15 is 0 Å². The quantitative estimate of drug-likeness (QED) is 0.529. The first-order chi connectivity index (χ1) is 9.63. The molecule has 1 aromatic rings. The van der Waals surface area contributed by atoms with Crippen molar-refractivity contribution in [1.29, 1.82) is 0 Å². The van der Waals surface area contributed by atoms with Gasteiger partial charge in [-0.05, 0) is 19.8 Å². The fraction of sp³-hybridized carbons (Fsp3) is 0.769. The van der Waals surface area contributed by atoms with Crippen molar-refractivity contribution < 1.29 is 5.11 Å². The van der Waals surface area contributed by atoms with Crippen LogP contribution >= 0.6 is 0 Å². The smallest absolute Gasteiger partial charge is 0.191 e. The predicted octanol–water partition coefficient (Wildman–Crippen LogP) is 0.175. The summed E-state index contributed by atoms with van der Waals surface area (Å²) in [5.41, 5.74) is -0.582. The Labute approximate surface area is 119 Å². The molecule has 3 N–H and O–H groups in total. The van der Waals surface area contributed by atoms with Crippen LogP contribution < -0.4 is 10.6 Å². The lowest BCUT2D eigenvalue weighted by Crippen LogP contribution is -2.46. The van der Waals surface area contributed by atoms with E-state index in [1.165, 1.54) is 6.33 Å². The van der Waals surface area contributed by atoms with Crippen LogP contribution in [0.4, 0.5) is 0 Å². The van der Waals surface area contributed by atoms with Gasteiger partial charge >= 0.3 is 0 Å². The number of aliphatic hydroxyl groups is 1. The molecule has 20 heavy (non-hydrogen) atoms. The van der Waals surface area contributed by atoms with E-state index in [9.17, 15) is 5.11 Å². The predicted molar refractivity (Wildman–Crippen MR) is 77.2 cm³/mol. The maximum absolute atomic E-state index is 10.3. The molecule has 0 radical (unpaired) electrons. The molecule has 0 atom stereocenters. The summed E-state index contributed by atoms with van der Waals surface area (Å²) < 4.78 is 1.71. The summed E-state index contributed by atoms with van der Waals surface area (Å²) in [7, 11) is 1.85. The topological polar surface area (TPSA) is 87.4 Å². The maximum Gasteiger partial charge on any atom is 0.191 e. The highest BCUT2D eigenvalue weighted by Gasteiger charge is 2.30. The molecule has 0 unspecified atom stereocenters. The van der Waals surface area contributed by atoms with Gasteiger partial charge in [0, 0.05) is 20.1 Å². The molecular weight excluding hydrogens is 256 g/mol. The third kappa shape index (κ3) is 3.93. The molecule has 0 saturated heterocycles. The van der Waals surface area contributed by atoms with Gasteiger partial charge < -0.3 is 15.7 Å². The Kier molecular flexibility index (Phi) is 4.94. The highest BCUT2D eigenvalue weighted by Crippen LogP contribution is 2.28. The normalized spacial score (nSPS) is 18.2. The number of aromatic nitrogens is 3. The molecular formula is C13H24N6O. The van der Waals surface area contributed by atoms with E-state index in [4.69, 9.17) is 0 Å². The SMILES string of the molecule is CCNC(=NCc1ncnn1C)NCC1(O)CCCC1. The molecule has 1 saturated carbocycles. The molecule has 1 aromatic heterocycles. The van der Waals surface area contributed by atoms with Crippen molar-refractivity contribution in [2.45, 2.75) is 44.8 Å². The molecule has 0 spiro atoms. The Morgan fingerprint density at radius 3 is 2.80 bits per heavy atom. The van der Waals surface area contributed by atoms with Crippen LogP contribution in [-0.2, 0) is 13.6 Å². The second-order valence-corrected chi connectivity index (χ2v) is 5.28. The van der Waals surface area contributed by atoms with Gasteiger partial charge in [0.15, 0.2) is 5.96 Å².